The van der Waals surface area contributed by atoms with Crippen molar-refractivity contribution < 1.29 is 14.3 Å². The van der Waals surface area contributed by atoms with Crippen molar-refractivity contribution in [2.24, 2.45) is 17.6 Å². The second kappa shape index (κ2) is 11.7. The van der Waals surface area contributed by atoms with Crippen molar-refractivity contribution in [3.8, 4) is 0 Å². The quantitative estimate of drug-likeness (QED) is 0.657. The number of nitrogens with zero attached hydrogens (tertiary/aromatic N) is 1. The summed E-state index contributed by atoms with van der Waals surface area (Å²) in [5.41, 5.74) is 5.67. The van der Waals surface area contributed by atoms with Gasteiger partial charge in [0.1, 0.15) is 0 Å². The zero-order valence-electron chi connectivity index (χ0n) is 14.8. The Bertz CT molecular complexity index is 325. The normalized spacial score (nSPS) is 12.3. The van der Waals surface area contributed by atoms with Crippen molar-refractivity contribution in [2.75, 3.05) is 13.2 Å². The second-order valence-electron chi connectivity index (χ2n) is 6.58. The minimum absolute atomic E-state index is 0. The molecule has 0 aliphatic carbocycles. The highest BCUT2D eigenvalue weighted by Gasteiger charge is 2.22. The number of nitrogens with two attached hydrogens (primary N) is 1. The number of carbonyl (C=O) groups is 2. The molecule has 0 bridgehead atoms. The van der Waals surface area contributed by atoms with Gasteiger partial charge in [-0.1, -0.05) is 13.8 Å². The largest absolute Gasteiger partial charge is 0.456 e. The van der Waals surface area contributed by atoms with Gasteiger partial charge in [-0.15, -0.1) is 12.4 Å². The van der Waals surface area contributed by atoms with Gasteiger partial charge in [0.15, 0.2) is 6.61 Å². The lowest BCUT2D eigenvalue weighted by molar-refractivity contribution is -0.154. The number of carbonyl (C=O) groups excluding carboxylic acids is 2. The van der Waals surface area contributed by atoms with Crippen molar-refractivity contribution in [1.82, 2.24) is 4.90 Å². The van der Waals surface area contributed by atoms with Crippen molar-refractivity contribution >= 4 is 24.3 Å². The number of hydrogen-bond donors (Lipinski definition) is 1. The van der Waals surface area contributed by atoms with E-state index < -0.39 is 0 Å². The summed E-state index contributed by atoms with van der Waals surface area (Å²) < 4.78 is 5.11. The molecule has 0 aliphatic heterocycles. The molecule has 6 heteroatoms. The van der Waals surface area contributed by atoms with Gasteiger partial charge in [-0.05, 0) is 52.5 Å². The number of halogens is 1. The third kappa shape index (κ3) is 9.26. The van der Waals surface area contributed by atoms with Crippen LogP contribution in [-0.4, -0.2) is 42.0 Å². The molecule has 0 fully saturated rings. The topological polar surface area (TPSA) is 72.6 Å². The highest BCUT2D eigenvalue weighted by molar-refractivity contribution is 5.85. The first-order chi connectivity index (χ1) is 9.68. The molecule has 0 heterocycles. The number of rotatable bonds is 9. The smallest absolute Gasteiger partial charge is 0.306 e. The number of amides is 1. The minimum atomic E-state index is -0.341. The predicted octanol–water partition coefficient (Wildman–Crippen LogP) is 2.61. The summed E-state index contributed by atoms with van der Waals surface area (Å²) in [6.07, 6.45) is 1.18. The molecule has 22 heavy (non-hydrogen) atoms. The van der Waals surface area contributed by atoms with E-state index in [9.17, 15) is 9.59 Å². The Hall–Kier alpha value is -0.810. The summed E-state index contributed by atoms with van der Waals surface area (Å²) in [6.45, 7) is 12.3. The van der Waals surface area contributed by atoms with Crippen LogP contribution in [0.25, 0.3) is 0 Å². The van der Waals surface area contributed by atoms with E-state index in [0.29, 0.717) is 12.5 Å². The molecule has 0 aliphatic rings. The Kier molecular flexibility index (Phi) is 12.5. The summed E-state index contributed by atoms with van der Waals surface area (Å²) in [4.78, 5) is 25.6. The lowest BCUT2D eigenvalue weighted by atomic mass is 9.94. The Morgan fingerprint density at radius 1 is 1.05 bits per heavy atom. The van der Waals surface area contributed by atoms with Crippen LogP contribution in [0.15, 0.2) is 0 Å². The molecule has 0 spiro atoms. The Balaban J connectivity index is 0. The van der Waals surface area contributed by atoms with Crippen LogP contribution >= 0.6 is 12.4 Å². The summed E-state index contributed by atoms with van der Waals surface area (Å²) in [7, 11) is 0. The Morgan fingerprint density at radius 2 is 1.55 bits per heavy atom. The summed E-state index contributed by atoms with van der Waals surface area (Å²) >= 11 is 0. The first-order valence-corrected chi connectivity index (χ1v) is 7.85. The average Bonchev–Trinajstić information content (AvgIpc) is 2.34. The third-order valence-corrected chi connectivity index (χ3v) is 3.35. The monoisotopic (exact) mass is 336 g/mol. The molecule has 132 valence electrons. The summed E-state index contributed by atoms with van der Waals surface area (Å²) in [6, 6.07) is 0.183. The lowest BCUT2D eigenvalue weighted by Gasteiger charge is -2.30. The standard InChI is InChI=1S/C16H32N2O3.ClH/c1-11(2)7-14(9-17)8-16(20)21-10-15(19)18(12(3)4)13(5)6;/h11-14H,7-10,17H2,1-6H3;1H/t14-;/m0./s1. The van der Waals surface area contributed by atoms with Crippen LogP contribution in [0.2, 0.25) is 0 Å². The molecular formula is C16H33ClN2O3. The first-order valence-electron chi connectivity index (χ1n) is 7.85. The summed E-state index contributed by atoms with van der Waals surface area (Å²) in [5, 5.41) is 0. The molecule has 0 aromatic carbocycles. The van der Waals surface area contributed by atoms with Crippen molar-refractivity contribution in [2.45, 2.75) is 66.5 Å². The van der Waals surface area contributed by atoms with Gasteiger partial charge < -0.3 is 15.4 Å². The zero-order valence-corrected chi connectivity index (χ0v) is 15.6. The van der Waals surface area contributed by atoms with Gasteiger partial charge in [-0.25, -0.2) is 0 Å². The molecule has 0 saturated carbocycles. The zero-order chi connectivity index (χ0) is 16.6. The van der Waals surface area contributed by atoms with Gasteiger partial charge in [0, 0.05) is 18.5 Å². The van der Waals surface area contributed by atoms with Crippen molar-refractivity contribution in [1.29, 1.82) is 0 Å². The fourth-order valence-corrected chi connectivity index (χ4v) is 2.61. The Labute approximate surface area is 141 Å². The predicted molar refractivity (Wildman–Crippen MR) is 91.9 cm³/mol. The minimum Gasteiger partial charge on any atom is -0.456 e. The highest BCUT2D eigenvalue weighted by Crippen LogP contribution is 2.15. The van der Waals surface area contributed by atoms with Crippen LogP contribution in [0.3, 0.4) is 0 Å². The molecule has 0 saturated heterocycles. The highest BCUT2D eigenvalue weighted by atomic mass is 35.5. The molecule has 0 aromatic heterocycles. The van der Waals surface area contributed by atoms with E-state index in [1.807, 2.05) is 27.7 Å². The first kappa shape index (κ1) is 23.5. The second-order valence-corrected chi connectivity index (χ2v) is 6.58. The molecule has 0 rings (SSSR count). The molecule has 0 unspecified atom stereocenters. The van der Waals surface area contributed by atoms with Crippen molar-refractivity contribution in [3.05, 3.63) is 0 Å². The molecule has 5 nitrogen and oxygen atoms in total. The van der Waals surface area contributed by atoms with E-state index in [1.165, 1.54) is 0 Å². The van der Waals surface area contributed by atoms with Crippen LogP contribution in [0.1, 0.15) is 54.4 Å². The molecule has 2 N–H and O–H groups in total. The number of esters is 1. The van der Waals surface area contributed by atoms with Gasteiger partial charge in [-0.3, -0.25) is 9.59 Å². The molecule has 0 radical (unpaired) electrons. The van der Waals surface area contributed by atoms with Crippen LogP contribution in [0.4, 0.5) is 0 Å². The van der Waals surface area contributed by atoms with Gasteiger partial charge in [0.25, 0.3) is 5.91 Å². The summed E-state index contributed by atoms with van der Waals surface area (Å²) in [5.74, 6) is 0.123. The molecule has 0 aromatic rings. The van der Waals surface area contributed by atoms with Crippen LogP contribution in [0, 0.1) is 11.8 Å². The van der Waals surface area contributed by atoms with Crippen molar-refractivity contribution in [3.63, 3.8) is 0 Å². The maximum Gasteiger partial charge on any atom is 0.306 e. The van der Waals surface area contributed by atoms with E-state index in [2.05, 4.69) is 13.8 Å². The van der Waals surface area contributed by atoms with Gasteiger partial charge >= 0.3 is 5.97 Å². The molecular weight excluding hydrogens is 304 g/mol. The number of hydrogen-bond acceptors (Lipinski definition) is 4. The SMILES string of the molecule is CC(C)C[C@H](CN)CC(=O)OCC(=O)N(C(C)C)C(C)C.Cl. The van der Waals surface area contributed by atoms with E-state index in [0.717, 1.165) is 6.42 Å². The van der Waals surface area contributed by atoms with E-state index in [-0.39, 0.29) is 55.3 Å². The van der Waals surface area contributed by atoms with Gasteiger partial charge in [-0.2, -0.15) is 0 Å². The van der Waals surface area contributed by atoms with Crippen LogP contribution in [-0.2, 0) is 14.3 Å². The Morgan fingerprint density at radius 3 is 1.91 bits per heavy atom. The fourth-order valence-electron chi connectivity index (χ4n) is 2.61. The maximum absolute atomic E-state index is 12.1. The molecule has 1 amide bonds. The van der Waals surface area contributed by atoms with E-state index >= 15 is 0 Å². The van der Waals surface area contributed by atoms with E-state index in [1.54, 1.807) is 4.90 Å². The number of ether oxygens (including phenoxy) is 1. The van der Waals surface area contributed by atoms with Gasteiger partial charge in [0.05, 0.1) is 0 Å². The van der Waals surface area contributed by atoms with Crippen LogP contribution in [0.5, 0.6) is 0 Å². The molecule has 1 atom stereocenters. The maximum atomic E-state index is 12.1. The average molecular weight is 337 g/mol. The van der Waals surface area contributed by atoms with E-state index in [4.69, 9.17) is 10.5 Å². The van der Waals surface area contributed by atoms with Crippen LogP contribution < -0.4 is 5.73 Å². The fraction of sp³-hybridized carbons (Fsp3) is 0.875. The lowest BCUT2D eigenvalue weighted by Crippen LogP contribution is -2.44. The third-order valence-electron chi connectivity index (χ3n) is 3.35. The van der Waals surface area contributed by atoms with Gasteiger partial charge in [0.2, 0.25) is 0 Å².